The van der Waals surface area contributed by atoms with Crippen molar-refractivity contribution in [3.8, 4) is 0 Å². The molecule has 0 aromatic rings. The van der Waals surface area contributed by atoms with Crippen LogP contribution in [0.3, 0.4) is 0 Å². The van der Waals surface area contributed by atoms with Crippen LogP contribution in [0.2, 0.25) is 0 Å². The van der Waals surface area contributed by atoms with Gasteiger partial charge in [-0.05, 0) is 135 Å². The van der Waals surface area contributed by atoms with Crippen LogP contribution in [-0.4, -0.2) is 95.9 Å². The highest BCUT2D eigenvalue weighted by Crippen LogP contribution is 2.45. The van der Waals surface area contributed by atoms with Crippen LogP contribution in [0.4, 0.5) is 0 Å². The fraction of sp³-hybridized carbons (Fsp3) is 0.699. The topological polar surface area (TPSA) is 231 Å². The van der Waals surface area contributed by atoms with Crippen molar-refractivity contribution >= 4 is 33.6 Å². The lowest BCUT2D eigenvalue weighted by atomic mass is 10.1. The van der Waals surface area contributed by atoms with Crippen molar-refractivity contribution in [3.05, 3.63) is 134 Å². The van der Waals surface area contributed by atoms with Crippen LogP contribution >= 0.6 is 15.6 Å². The van der Waals surface area contributed by atoms with E-state index in [2.05, 4.69) is 154 Å². The molecule has 4 N–H and O–H groups in total. The fourth-order valence-corrected chi connectivity index (χ4v) is 11.9. The minimum absolute atomic E-state index is 0.0909. The molecule has 0 aliphatic rings. The first-order chi connectivity index (χ1) is 49.2. The van der Waals surface area contributed by atoms with E-state index >= 15 is 0 Å². The molecule has 0 saturated carbocycles. The van der Waals surface area contributed by atoms with Gasteiger partial charge in [0.1, 0.15) is 25.4 Å². The molecule has 0 spiro atoms. The van der Waals surface area contributed by atoms with Gasteiger partial charge in [-0.15, -0.1) is 0 Å². The van der Waals surface area contributed by atoms with E-state index in [0.29, 0.717) is 19.3 Å². The van der Waals surface area contributed by atoms with Crippen molar-refractivity contribution in [2.75, 3.05) is 39.6 Å². The average Bonchev–Trinajstić information content (AvgIpc) is 0.946. The number of esters is 3. The SMILES string of the molecule is CC/C=C\C/C=C\C/C=C\C/C=C\C/C=C\C/C=C\CCCCCCCCCCCCC(=O)OCC(O)COP(=O)(O)OCC(O)COP(=O)(O)OCC(COC(=O)CCCCCCCCCCC/C=C\C/C=C\C/C=C\C/C=C\CCCCC)OC(=O)CCCCCCC/C=C\CCCC. The highest BCUT2D eigenvalue weighted by Gasteiger charge is 2.29. The smallest absolute Gasteiger partial charge is 0.463 e. The molecule has 0 fully saturated rings. The Hall–Kier alpha value is -4.31. The molecule has 0 bridgehead atoms. The third kappa shape index (κ3) is 76.6. The lowest BCUT2D eigenvalue weighted by molar-refractivity contribution is -0.161. The molecule has 0 aromatic heterocycles. The molecule has 5 atom stereocenters. The maximum atomic E-state index is 12.9. The summed E-state index contributed by atoms with van der Waals surface area (Å²) in [6.45, 7) is 2.48. The van der Waals surface area contributed by atoms with E-state index < -0.39 is 91.5 Å². The lowest BCUT2D eigenvalue weighted by Gasteiger charge is -2.21. The number of aliphatic hydroxyl groups excluding tert-OH is 2. The standard InChI is InChI=1S/C83H142O16P2/c1-4-7-10-13-16-19-22-24-26-28-30-32-34-36-37-38-39-41-43-44-46-48-50-52-55-57-60-63-66-69-81(86)93-72-78(84)73-95-100(89,90)96-74-79(85)75-97-101(91,92)98-77-80(99-83(88)71-68-65-62-59-54-21-18-15-12-9-6-3)76-94-82(87)70-67-64-61-58-56-53-51-49-47-45-42-40-35-33-31-29-27-25-23-20-17-14-11-8-5-2/h7,10,15-20,24-27,30-33,36-37,39-42,78-80,84-85H,4-6,8-9,11-14,21-23,28-29,34-35,38,43-77H2,1-3H3,(H,89,90)(H,91,92)/b10-7-,18-15-,19-16-,20-17-,26-24-,27-25-,32-30-,33-31-,37-36-,41-39-,42-40-. The van der Waals surface area contributed by atoms with Gasteiger partial charge < -0.3 is 34.2 Å². The molecule has 16 nitrogen and oxygen atoms in total. The Morgan fingerprint density at radius 3 is 0.871 bits per heavy atom. The number of hydrogen-bond acceptors (Lipinski definition) is 14. The minimum atomic E-state index is -4.93. The van der Waals surface area contributed by atoms with E-state index in [4.69, 9.17) is 32.3 Å². The first-order valence-electron chi connectivity index (χ1n) is 39.5. The number of hydrogen-bond donors (Lipinski definition) is 4. The third-order valence-corrected chi connectivity index (χ3v) is 18.2. The molecule has 0 amide bonds. The van der Waals surface area contributed by atoms with Crippen molar-refractivity contribution < 1.29 is 75.8 Å². The number of phosphoric acid groups is 2. The average molecular weight is 1460 g/mol. The minimum Gasteiger partial charge on any atom is -0.463 e. The largest absolute Gasteiger partial charge is 0.472 e. The molecule has 5 unspecified atom stereocenters. The third-order valence-electron chi connectivity index (χ3n) is 16.3. The Bertz CT molecular complexity index is 2370. The Labute approximate surface area is 614 Å². The van der Waals surface area contributed by atoms with Crippen LogP contribution in [0.5, 0.6) is 0 Å². The van der Waals surface area contributed by atoms with Gasteiger partial charge >= 0.3 is 33.6 Å². The highest BCUT2D eigenvalue weighted by molar-refractivity contribution is 7.47. The van der Waals surface area contributed by atoms with E-state index in [-0.39, 0.29) is 19.3 Å². The summed E-state index contributed by atoms with van der Waals surface area (Å²) >= 11 is 0. The van der Waals surface area contributed by atoms with Crippen LogP contribution in [0.25, 0.3) is 0 Å². The zero-order chi connectivity index (χ0) is 73.7. The summed E-state index contributed by atoms with van der Waals surface area (Å²) in [5.41, 5.74) is 0. The van der Waals surface area contributed by atoms with E-state index in [1.807, 2.05) is 0 Å². The molecule has 18 heteroatoms. The first-order valence-corrected chi connectivity index (χ1v) is 42.5. The maximum Gasteiger partial charge on any atom is 0.472 e. The maximum absolute atomic E-state index is 12.9. The summed E-state index contributed by atoms with van der Waals surface area (Å²) < 4.78 is 61.0. The van der Waals surface area contributed by atoms with Crippen LogP contribution in [0.15, 0.2) is 134 Å². The number of allylic oxidation sites excluding steroid dienone is 22. The fourth-order valence-electron chi connectivity index (χ4n) is 10.3. The van der Waals surface area contributed by atoms with Crippen LogP contribution in [0.1, 0.15) is 316 Å². The number of phosphoric ester groups is 2. The van der Waals surface area contributed by atoms with Crippen LogP contribution < -0.4 is 0 Å². The number of carbonyl (C=O) groups is 3. The molecule has 580 valence electrons. The van der Waals surface area contributed by atoms with E-state index in [1.165, 1.54) is 96.3 Å². The summed E-state index contributed by atoms with van der Waals surface area (Å²) in [4.78, 5) is 58.5. The Morgan fingerprint density at radius 2 is 0.535 bits per heavy atom. The number of carbonyl (C=O) groups excluding carboxylic acids is 3. The normalized spacial score (nSPS) is 14.7. The molecule has 0 aromatic carbocycles. The number of aliphatic hydroxyl groups is 2. The van der Waals surface area contributed by atoms with Crippen LogP contribution in [-0.2, 0) is 55.8 Å². The molecule has 0 heterocycles. The molecule has 0 rings (SSSR count). The molecule has 0 aliphatic carbocycles. The molecule has 101 heavy (non-hydrogen) atoms. The zero-order valence-corrected chi connectivity index (χ0v) is 65.1. The van der Waals surface area contributed by atoms with Gasteiger partial charge in [0.2, 0.25) is 0 Å². The van der Waals surface area contributed by atoms with Gasteiger partial charge in [-0.3, -0.25) is 32.5 Å². The van der Waals surface area contributed by atoms with Gasteiger partial charge in [-0.2, -0.15) is 0 Å². The number of ether oxygens (including phenoxy) is 3. The summed E-state index contributed by atoms with van der Waals surface area (Å²) in [5, 5.41) is 20.6. The van der Waals surface area contributed by atoms with Crippen molar-refractivity contribution in [3.63, 3.8) is 0 Å². The summed E-state index contributed by atoms with van der Waals surface area (Å²) in [7, 11) is -9.79. The van der Waals surface area contributed by atoms with Gasteiger partial charge in [0.25, 0.3) is 0 Å². The van der Waals surface area contributed by atoms with Crippen molar-refractivity contribution in [1.29, 1.82) is 0 Å². The first kappa shape index (κ1) is 96.7. The lowest BCUT2D eigenvalue weighted by Crippen LogP contribution is -2.30. The van der Waals surface area contributed by atoms with Gasteiger partial charge in [0.05, 0.1) is 26.4 Å². The van der Waals surface area contributed by atoms with E-state index in [0.717, 1.165) is 161 Å². The Morgan fingerprint density at radius 1 is 0.287 bits per heavy atom. The number of unbranched alkanes of at least 4 members (excludes halogenated alkanes) is 29. The van der Waals surface area contributed by atoms with Crippen molar-refractivity contribution in [1.82, 2.24) is 0 Å². The molecule has 0 saturated heterocycles. The Kier molecular flexibility index (Phi) is 72.2. The van der Waals surface area contributed by atoms with Crippen LogP contribution in [0, 0.1) is 0 Å². The Balaban J connectivity index is 4.47. The summed E-state index contributed by atoms with van der Waals surface area (Å²) in [6, 6.07) is 0. The van der Waals surface area contributed by atoms with Gasteiger partial charge in [0, 0.05) is 19.3 Å². The van der Waals surface area contributed by atoms with Gasteiger partial charge in [-0.1, -0.05) is 296 Å². The quantitative estimate of drug-likeness (QED) is 0.0146. The second kappa shape index (κ2) is 75.4. The van der Waals surface area contributed by atoms with E-state index in [1.54, 1.807) is 0 Å². The van der Waals surface area contributed by atoms with Gasteiger partial charge in [-0.25, -0.2) is 9.13 Å². The summed E-state index contributed by atoms with van der Waals surface area (Å²) in [6.07, 6.45) is 90.8. The van der Waals surface area contributed by atoms with Gasteiger partial charge in [0.15, 0.2) is 6.10 Å². The zero-order valence-electron chi connectivity index (χ0n) is 63.3. The van der Waals surface area contributed by atoms with Crippen molar-refractivity contribution in [2.24, 2.45) is 0 Å². The predicted molar refractivity (Wildman–Crippen MR) is 417 cm³/mol. The molecule has 0 aliphatic heterocycles. The monoisotopic (exact) mass is 1460 g/mol. The second-order valence-electron chi connectivity index (χ2n) is 26.1. The molecular weight excluding hydrogens is 1310 g/mol. The summed E-state index contributed by atoms with van der Waals surface area (Å²) in [5.74, 6) is -1.59. The number of rotatable bonds is 74. The van der Waals surface area contributed by atoms with E-state index in [9.17, 15) is 43.5 Å². The van der Waals surface area contributed by atoms with Crippen molar-refractivity contribution in [2.45, 2.75) is 334 Å². The highest BCUT2D eigenvalue weighted by atomic mass is 31.2. The predicted octanol–water partition coefficient (Wildman–Crippen LogP) is 23.1. The molecular formula is C83H142O16P2. The molecule has 0 radical (unpaired) electrons. The second-order valence-corrected chi connectivity index (χ2v) is 29.0.